The Hall–Kier alpha value is -2.52. The Bertz CT molecular complexity index is 595. The third-order valence-electron chi connectivity index (χ3n) is 4.08. The molecular weight excluding hydrogens is 344 g/mol. The highest BCUT2D eigenvalue weighted by Crippen LogP contribution is 2.10. The van der Waals surface area contributed by atoms with Crippen LogP contribution in [0.2, 0.25) is 0 Å². The lowest BCUT2D eigenvalue weighted by Gasteiger charge is -2.33. The lowest BCUT2D eigenvalue weighted by atomic mass is 10.3. The van der Waals surface area contributed by atoms with Gasteiger partial charge in [-0.25, -0.2) is 20.0 Å². The summed E-state index contributed by atoms with van der Waals surface area (Å²) in [5.74, 6) is 3.01. The Morgan fingerprint density at radius 3 is 2.30 bits per heavy atom. The molecule has 2 aliphatic rings. The molecule has 10 heteroatoms. The fraction of sp³-hybridized carbons (Fsp3) is 0.765. The average molecular weight is 379 g/mol. The van der Waals surface area contributed by atoms with E-state index in [0.29, 0.717) is 12.5 Å². The van der Waals surface area contributed by atoms with E-state index in [-0.39, 0.29) is 12.3 Å². The van der Waals surface area contributed by atoms with Crippen LogP contribution in [0.4, 0.5) is 0 Å². The van der Waals surface area contributed by atoms with E-state index in [4.69, 9.17) is 4.99 Å². The van der Waals surface area contributed by atoms with E-state index in [2.05, 4.69) is 55.4 Å². The van der Waals surface area contributed by atoms with Crippen LogP contribution < -0.4 is 26.6 Å². The Kier molecular flexibility index (Phi) is 8.15. The molecule has 0 aliphatic carbocycles. The van der Waals surface area contributed by atoms with Gasteiger partial charge in [0.2, 0.25) is 11.9 Å². The Morgan fingerprint density at radius 1 is 0.889 bits per heavy atom. The Morgan fingerprint density at radius 2 is 1.63 bits per heavy atom. The smallest absolute Gasteiger partial charge is 0.203 e. The van der Waals surface area contributed by atoms with E-state index in [1.54, 1.807) is 0 Å². The summed E-state index contributed by atoms with van der Waals surface area (Å²) in [7, 11) is 3.71. The van der Waals surface area contributed by atoms with Crippen LogP contribution >= 0.6 is 0 Å². The van der Waals surface area contributed by atoms with Gasteiger partial charge in [0, 0.05) is 27.2 Å². The molecular formula is C17H34N10. The van der Waals surface area contributed by atoms with Crippen LogP contribution in [0.1, 0.15) is 40.0 Å². The van der Waals surface area contributed by atoms with Crippen LogP contribution in [-0.4, -0.2) is 74.8 Å². The standard InChI is InChI=1S/C17H34N10/c1-6-8-10-20-15-25-13(24-14(18-4)26-15)11-27-16(19-5)22-12(3)23-17(27)21-9-7-2/h12-13H,6-11H2,1-5H3,(H,19,22)(H,21,23)(H3,18,20,24,25,26). The Labute approximate surface area is 162 Å². The van der Waals surface area contributed by atoms with Gasteiger partial charge in [-0.3, -0.25) is 10.2 Å². The third-order valence-corrected chi connectivity index (χ3v) is 4.08. The quantitative estimate of drug-likeness (QED) is 0.393. The minimum atomic E-state index is -0.279. The number of rotatable bonds is 7. The molecule has 10 nitrogen and oxygen atoms in total. The first-order valence-corrected chi connectivity index (χ1v) is 9.80. The summed E-state index contributed by atoms with van der Waals surface area (Å²) in [5.41, 5.74) is 0. The van der Waals surface area contributed by atoms with Gasteiger partial charge in [0.05, 0.1) is 6.54 Å². The Balaban J connectivity index is 2.15. The second-order valence-electron chi connectivity index (χ2n) is 6.42. The first kappa shape index (κ1) is 20.8. The molecule has 0 aromatic carbocycles. The summed E-state index contributed by atoms with van der Waals surface area (Å²) in [6, 6.07) is 0. The molecule has 5 N–H and O–H groups in total. The summed E-state index contributed by atoms with van der Waals surface area (Å²) in [4.78, 5) is 20.6. The van der Waals surface area contributed by atoms with Crippen molar-refractivity contribution >= 4 is 23.8 Å². The van der Waals surface area contributed by atoms with Crippen molar-refractivity contribution in [3.05, 3.63) is 0 Å². The van der Waals surface area contributed by atoms with Crippen LogP contribution in [0.15, 0.2) is 20.0 Å². The number of hydrogen-bond acceptors (Lipinski definition) is 10. The van der Waals surface area contributed by atoms with Gasteiger partial charge >= 0.3 is 0 Å². The van der Waals surface area contributed by atoms with Crippen LogP contribution in [0.3, 0.4) is 0 Å². The SMILES string of the molecule is CCCCNC1=NC(CN2C(NC)=NC(C)N=C2NCCC)N=C(NC)N1. The largest absolute Gasteiger partial charge is 0.359 e. The minimum absolute atomic E-state index is 0.123. The molecule has 27 heavy (non-hydrogen) atoms. The highest BCUT2D eigenvalue weighted by Gasteiger charge is 2.27. The minimum Gasteiger partial charge on any atom is -0.359 e. The van der Waals surface area contributed by atoms with E-state index in [9.17, 15) is 0 Å². The number of hydrogen-bond donors (Lipinski definition) is 5. The van der Waals surface area contributed by atoms with Crippen molar-refractivity contribution in [3.8, 4) is 0 Å². The second-order valence-corrected chi connectivity index (χ2v) is 6.42. The second kappa shape index (κ2) is 10.6. The molecule has 0 saturated heterocycles. The van der Waals surface area contributed by atoms with Gasteiger partial charge in [-0.1, -0.05) is 20.3 Å². The molecule has 152 valence electrons. The van der Waals surface area contributed by atoms with E-state index >= 15 is 0 Å². The van der Waals surface area contributed by atoms with Crippen molar-refractivity contribution in [1.29, 1.82) is 0 Å². The van der Waals surface area contributed by atoms with E-state index in [0.717, 1.165) is 50.2 Å². The molecule has 0 saturated carbocycles. The summed E-state index contributed by atoms with van der Waals surface area (Å²) >= 11 is 0. The van der Waals surface area contributed by atoms with Gasteiger partial charge in [0.25, 0.3) is 0 Å². The fourth-order valence-electron chi connectivity index (χ4n) is 2.72. The van der Waals surface area contributed by atoms with Crippen molar-refractivity contribution in [2.75, 3.05) is 33.7 Å². The van der Waals surface area contributed by atoms with Gasteiger partial charge in [-0.2, -0.15) is 0 Å². The van der Waals surface area contributed by atoms with Crippen molar-refractivity contribution in [2.24, 2.45) is 20.0 Å². The molecule has 0 aromatic heterocycles. The van der Waals surface area contributed by atoms with Crippen LogP contribution in [0.25, 0.3) is 0 Å². The van der Waals surface area contributed by atoms with Gasteiger partial charge < -0.3 is 21.3 Å². The molecule has 0 fully saturated rings. The van der Waals surface area contributed by atoms with Gasteiger partial charge in [0.1, 0.15) is 6.17 Å². The number of aliphatic imine (C=N–C) groups is 4. The van der Waals surface area contributed by atoms with Crippen molar-refractivity contribution < 1.29 is 0 Å². The third kappa shape index (κ3) is 6.00. The molecule has 2 aliphatic heterocycles. The number of unbranched alkanes of at least 4 members (excludes halogenated alkanes) is 1. The highest BCUT2D eigenvalue weighted by atomic mass is 15.4. The maximum absolute atomic E-state index is 4.71. The zero-order chi connectivity index (χ0) is 19.6. The van der Waals surface area contributed by atoms with Crippen LogP contribution in [-0.2, 0) is 0 Å². The van der Waals surface area contributed by atoms with Crippen LogP contribution in [0, 0.1) is 0 Å². The summed E-state index contributed by atoms with van der Waals surface area (Å²) in [5, 5.41) is 16.2. The number of guanidine groups is 4. The van der Waals surface area contributed by atoms with Crippen molar-refractivity contribution in [2.45, 2.75) is 52.4 Å². The van der Waals surface area contributed by atoms with Gasteiger partial charge in [0.15, 0.2) is 18.1 Å². The predicted molar refractivity (Wildman–Crippen MR) is 112 cm³/mol. The molecule has 2 atom stereocenters. The predicted octanol–water partition coefficient (Wildman–Crippen LogP) is -0.171. The van der Waals surface area contributed by atoms with E-state index in [1.165, 1.54) is 0 Å². The molecule has 0 aromatic rings. The first-order valence-electron chi connectivity index (χ1n) is 9.80. The number of nitrogens with one attached hydrogen (secondary N) is 5. The summed E-state index contributed by atoms with van der Waals surface area (Å²) in [6.45, 7) is 8.53. The van der Waals surface area contributed by atoms with E-state index < -0.39 is 0 Å². The topological polar surface area (TPSA) is 113 Å². The average Bonchev–Trinajstić information content (AvgIpc) is 2.67. The molecule has 0 amide bonds. The lowest BCUT2D eigenvalue weighted by Crippen LogP contribution is -2.56. The molecule has 0 spiro atoms. The highest BCUT2D eigenvalue weighted by molar-refractivity contribution is 6.01. The van der Waals surface area contributed by atoms with E-state index in [1.807, 2.05) is 25.9 Å². The van der Waals surface area contributed by atoms with Crippen molar-refractivity contribution in [1.82, 2.24) is 31.5 Å². The molecule has 0 bridgehead atoms. The zero-order valence-electron chi connectivity index (χ0n) is 17.1. The molecule has 2 heterocycles. The normalized spacial score (nSPS) is 22.0. The monoisotopic (exact) mass is 378 g/mol. The molecule has 2 rings (SSSR count). The van der Waals surface area contributed by atoms with Crippen LogP contribution in [0.5, 0.6) is 0 Å². The molecule has 0 radical (unpaired) electrons. The van der Waals surface area contributed by atoms with Gasteiger partial charge in [-0.15, -0.1) is 0 Å². The van der Waals surface area contributed by atoms with Crippen molar-refractivity contribution in [3.63, 3.8) is 0 Å². The first-order chi connectivity index (χ1) is 13.1. The van der Waals surface area contributed by atoms with Gasteiger partial charge in [-0.05, 0) is 19.8 Å². The fourth-order valence-corrected chi connectivity index (χ4v) is 2.72. The number of nitrogens with zero attached hydrogens (tertiary/aromatic N) is 5. The lowest BCUT2D eigenvalue weighted by molar-refractivity contribution is 0.472. The maximum Gasteiger partial charge on any atom is 0.203 e. The molecule has 2 unspecified atom stereocenters. The summed E-state index contributed by atoms with van der Waals surface area (Å²) in [6.07, 6.45) is 2.84. The maximum atomic E-state index is 4.71. The zero-order valence-corrected chi connectivity index (χ0v) is 17.1. The summed E-state index contributed by atoms with van der Waals surface area (Å²) < 4.78 is 0.